The first kappa shape index (κ1) is 13.9. The van der Waals surface area contributed by atoms with E-state index in [4.69, 9.17) is 18.0 Å². The van der Waals surface area contributed by atoms with E-state index in [1.54, 1.807) is 13.0 Å². The molecule has 2 rings (SSSR count). The molecule has 0 heterocycles. The second-order valence-electron chi connectivity index (χ2n) is 5.15. The van der Waals surface area contributed by atoms with Gasteiger partial charge in [0.2, 0.25) is 5.91 Å². The van der Waals surface area contributed by atoms with E-state index in [1.165, 1.54) is 6.07 Å². The zero-order valence-corrected chi connectivity index (χ0v) is 11.8. The molecule has 5 heteroatoms. The van der Waals surface area contributed by atoms with Crippen molar-refractivity contribution >= 4 is 23.1 Å². The highest BCUT2D eigenvalue weighted by Crippen LogP contribution is 2.46. The van der Waals surface area contributed by atoms with Crippen LogP contribution in [0.25, 0.3) is 0 Å². The van der Waals surface area contributed by atoms with E-state index in [-0.39, 0.29) is 22.8 Å². The lowest BCUT2D eigenvalue weighted by molar-refractivity contribution is -0.124. The largest absolute Gasteiger partial charge is 0.392 e. The molecule has 0 spiro atoms. The van der Waals surface area contributed by atoms with Crippen LogP contribution < -0.4 is 11.1 Å². The van der Waals surface area contributed by atoms with Crippen LogP contribution >= 0.6 is 12.2 Å². The average Bonchev–Trinajstić information content (AvgIpc) is 3.13. The van der Waals surface area contributed by atoms with E-state index >= 15 is 0 Å². The summed E-state index contributed by atoms with van der Waals surface area (Å²) in [6.07, 6.45) is 1.40. The molecule has 3 N–H and O–H groups in total. The van der Waals surface area contributed by atoms with E-state index in [2.05, 4.69) is 5.32 Å². The summed E-state index contributed by atoms with van der Waals surface area (Å²) in [5, 5.41) is 2.85. The lowest BCUT2D eigenvalue weighted by atomic mass is 10.0. The molecule has 1 atom stereocenters. The lowest BCUT2D eigenvalue weighted by Crippen LogP contribution is -2.40. The van der Waals surface area contributed by atoms with Crippen molar-refractivity contribution < 1.29 is 9.18 Å². The third kappa shape index (κ3) is 2.61. The number of nitrogens with two attached hydrogens (primary N) is 1. The van der Waals surface area contributed by atoms with Crippen molar-refractivity contribution in [3.8, 4) is 0 Å². The Labute approximate surface area is 117 Å². The first-order valence-electron chi connectivity index (χ1n) is 6.24. The van der Waals surface area contributed by atoms with Crippen molar-refractivity contribution in [2.75, 3.05) is 0 Å². The van der Waals surface area contributed by atoms with Crippen LogP contribution in [-0.2, 0) is 4.79 Å². The molecule has 3 nitrogen and oxygen atoms in total. The number of hydrogen-bond donors (Lipinski definition) is 2. The second kappa shape index (κ2) is 4.89. The van der Waals surface area contributed by atoms with Gasteiger partial charge in [-0.3, -0.25) is 4.79 Å². The van der Waals surface area contributed by atoms with Crippen molar-refractivity contribution in [2.45, 2.75) is 32.7 Å². The minimum Gasteiger partial charge on any atom is -0.392 e. The molecule has 0 aliphatic heterocycles. The van der Waals surface area contributed by atoms with E-state index < -0.39 is 5.41 Å². The molecule has 1 aromatic rings. The van der Waals surface area contributed by atoms with Gasteiger partial charge in [-0.05, 0) is 43.9 Å². The van der Waals surface area contributed by atoms with E-state index in [9.17, 15) is 9.18 Å². The number of rotatable bonds is 4. The summed E-state index contributed by atoms with van der Waals surface area (Å²) >= 11 is 4.93. The number of amides is 1. The molecule has 1 aliphatic rings. The Hall–Kier alpha value is -1.49. The fraction of sp³-hybridized carbons (Fsp3) is 0.429. The van der Waals surface area contributed by atoms with Crippen molar-refractivity contribution in [3.63, 3.8) is 0 Å². The summed E-state index contributed by atoms with van der Waals surface area (Å²) in [5.41, 5.74) is 6.25. The maximum atomic E-state index is 13.5. The standard InChI is InChI=1S/C14H17FN2OS/c1-8-3-4-10(7-11(8)15)9(2)17-13(18)14(5-6-14)12(16)19/h3-4,7,9H,5-6H2,1-2H3,(H2,16,19)(H,17,18). The number of thiocarbonyl (C=S) groups is 1. The van der Waals surface area contributed by atoms with Crippen LogP contribution in [0, 0.1) is 18.2 Å². The molecule has 0 aromatic heterocycles. The molecule has 0 bridgehead atoms. The van der Waals surface area contributed by atoms with Gasteiger partial charge >= 0.3 is 0 Å². The van der Waals surface area contributed by atoms with Crippen LogP contribution in [0.15, 0.2) is 18.2 Å². The maximum Gasteiger partial charge on any atom is 0.233 e. The highest BCUT2D eigenvalue weighted by atomic mass is 32.1. The summed E-state index contributed by atoms with van der Waals surface area (Å²) in [6.45, 7) is 3.52. The molecule has 19 heavy (non-hydrogen) atoms. The zero-order chi connectivity index (χ0) is 14.2. The molecule has 1 aromatic carbocycles. The summed E-state index contributed by atoms with van der Waals surface area (Å²) in [7, 11) is 0. The second-order valence-corrected chi connectivity index (χ2v) is 5.59. The fourth-order valence-electron chi connectivity index (χ4n) is 2.01. The average molecular weight is 280 g/mol. The molecular weight excluding hydrogens is 263 g/mol. The van der Waals surface area contributed by atoms with E-state index in [0.29, 0.717) is 18.4 Å². The van der Waals surface area contributed by atoms with Crippen LogP contribution in [-0.4, -0.2) is 10.9 Å². The molecular formula is C14H17FN2OS. The summed E-state index contributed by atoms with van der Waals surface area (Å²) in [6, 6.07) is 4.69. The molecule has 0 radical (unpaired) electrons. The Morgan fingerprint density at radius 3 is 2.63 bits per heavy atom. The Balaban J connectivity index is 2.09. The van der Waals surface area contributed by atoms with Crippen LogP contribution in [0.1, 0.15) is 36.9 Å². The lowest BCUT2D eigenvalue weighted by Gasteiger charge is -2.19. The molecule has 0 saturated heterocycles. The summed E-state index contributed by atoms with van der Waals surface area (Å²) in [5.74, 6) is -0.428. The Morgan fingerprint density at radius 2 is 2.16 bits per heavy atom. The number of carbonyl (C=O) groups excluding carboxylic acids is 1. The van der Waals surface area contributed by atoms with Crippen LogP contribution in [0.2, 0.25) is 0 Å². The van der Waals surface area contributed by atoms with Gasteiger partial charge in [-0.1, -0.05) is 24.4 Å². The minimum absolute atomic E-state index is 0.159. The molecule has 1 aliphatic carbocycles. The van der Waals surface area contributed by atoms with Crippen molar-refractivity contribution in [1.82, 2.24) is 5.32 Å². The first-order valence-corrected chi connectivity index (χ1v) is 6.64. The number of hydrogen-bond acceptors (Lipinski definition) is 2. The van der Waals surface area contributed by atoms with Crippen LogP contribution in [0.3, 0.4) is 0 Å². The monoisotopic (exact) mass is 280 g/mol. The third-order valence-electron chi connectivity index (χ3n) is 3.70. The van der Waals surface area contributed by atoms with Crippen LogP contribution in [0.4, 0.5) is 4.39 Å². The van der Waals surface area contributed by atoms with E-state index in [1.807, 2.05) is 13.0 Å². The Kier molecular flexibility index (Phi) is 3.58. The molecule has 1 unspecified atom stereocenters. The van der Waals surface area contributed by atoms with E-state index in [0.717, 1.165) is 5.56 Å². The molecule has 1 fully saturated rings. The van der Waals surface area contributed by atoms with Crippen molar-refractivity contribution in [2.24, 2.45) is 11.1 Å². The predicted octanol–water partition coefficient (Wildman–Crippen LogP) is 2.38. The number of carbonyl (C=O) groups is 1. The third-order valence-corrected chi connectivity index (χ3v) is 4.09. The van der Waals surface area contributed by atoms with Gasteiger partial charge in [0.1, 0.15) is 5.82 Å². The maximum absolute atomic E-state index is 13.5. The van der Waals surface area contributed by atoms with Gasteiger partial charge in [0, 0.05) is 0 Å². The van der Waals surface area contributed by atoms with Crippen molar-refractivity contribution in [3.05, 3.63) is 35.1 Å². The Bertz CT molecular complexity index is 540. The smallest absolute Gasteiger partial charge is 0.233 e. The normalized spacial score (nSPS) is 17.6. The van der Waals surface area contributed by atoms with Gasteiger partial charge in [-0.2, -0.15) is 0 Å². The SMILES string of the molecule is Cc1ccc(C(C)NC(=O)C2(C(N)=S)CC2)cc1F. The minimum atomic E-state index is -0.674. The molecule has 1 saturated carbocycles. The summed E-state index contributed by atoms with van der Waals surface area (Å²) in [4.78, 5) is 12.4. The molecule has 102 valence electrons. The van der Waals surface area contributed by atoms with Gasteiger partial charge in [0.05, 0.1) is 16.4 Å². The number of halogens is 1. The number of aryl methyl sites for hydroxylation is 1. The first-order chi connectivity index (χ1) is 8.86. The zero-order valence-electron chi connectivity index (χ0n) is 11.0. The highest BCUT2D eigenvalue weighted by molar-refractivity contribution is 7.80. The van der Waals surface area contributed by atoms with Gasteiger partial charge in [0.25, 0.3) is 0 Å². The highest BCUT2D eigenvalue weighted by Gasteiger charge is 2.52. The van der Waals surface area contributed by atoms with Gasteiger partial charge in [-0.25, -0.2) is 4.39 Å². The Morgan fingerprint density at radius 1 is 1.53 bits per heavy atom. The topological polar surface area (TPSA) is 55.1 Å². The van der Waals surface area contributed by atoms with Crippen molar-refractivity contribution in [1.29, 1.82) is 0 Å². The number of benzene rings is 1. The van der Waals surface area contributed by atoms with Gasteiger partial charge in [0.15, 0.2) is 0 Å². The van der Waals surface area contributed by atoms with Gasteiger partial charge in [-0.15, -0.1) is 0 Å². The summed E-state index contributed by atoms with van der Waals surface area (Å²) < 4.78 is 13.5. The van der Waals surface area contributed by atoms with Gasteiger partial charge < -0.3 is 11.1 Å². The molecule has 1 amide bonds. The predicted molar refractivity (Wildman–Crippen MR) is 76.1 cm³/mol. The van der Waals surface area contributed by atoms with Crippen LogP contribution in [0.5, 0.6) is 0 Å². The number of nitrogens with one attached hydrogen (secondary N) is 1. The quantitative estimate of drug-likeness (QED) is 0.833. The fourth-order valence-corrected chi connectivity index (χ4v) is 2.30.